The van der Waals surface area contributed by atoms with Crippen molar-refractivity contribution in [2.75, 3.05) is 36.4 Å². The van der Waals surface area contributed by atoms with E-state index in [4.69, 9.17) is 0 Å². The molecule has 1 aromatic heterocycles. The first-order valence-corrected chi connectivity index (χ1v) is 10.8. The van der Waals surface area contributed by atoms with Gasteiger partial charge in [0.1, 0.15) is 12.1 Å². The lowest BCUT2D eigenvalue weighted by atomic mass is 10.2. The molecule has 11 heteroatoms. The van der Waals surface area contributed by atoms with Crippen LogP contribution < -0.4 is 15.0 Å². The SMILES string of the molecule is O=[N+]([O-])c1c(NCc2ccccc2OC(F)F)ncnc1N1CCN(Cc2ccccc2)CC1. The number of halogens is 2. The second-order valence-corrected chi connectivity index (χ2v) is 7.74. The standard InChI is InChI=1S/C23H24F2N6O3/c24-23(25)34-19-9-5-4-8-18(19)14-26-21-20(31(32)33)22(28-16-27-21)30-12-10-29(11-13-30)15-17-6-2-1-3-7-17/h1-9,16,23H,10-15H2,(H,26,27,28). The molecule has 1 aliphatic heterocycles. The summed E-state index contributed by atoms with van der Waals surface area (Å²) >= 11 is 0. The summed E-state index contributed by atoms with van der Waals surface area (Å²) in [5, 5.41) is 14.8. The van der Waals surface area contributed by atoms with Crippen LogP contribution in [0.2, 0.25) is 0 Å². The number of rotatable bonds is 9. The number of nitrogens with one attached hydrogen (secondary N) is 1. The van der Waals surface area contributed by atoms with E-state index < -0.39 is 11.5 Å². The van der Waals surface area contributed by atoms with Crippen molar-refractivity contribution in [1.29, 1.82) is 0 Å². The zero-order valence-electron chi connectivity index (χ0n) is 18.3. The minimum Gasteiger partial charge on any atom is -0.434 e. The highest BCUT2D eigenvalue weighted by Gasteiger charge is 2.29. The number of aromatic nitrogens is 2. The van der Waals surface area contributed by atoms with Gasteiger partial charge >= 0.3 is 12.3 Å². The Morgan fingerprint density at radius 2 is 1.74 bits per heavy atom. The van der Waals surface area contributed by atoms with Gasteiger partial charge in [-0.15, -0.1) is 0 Å². The normalized spacial score (nSPS) is 14.3. The van der Waals surface area contributed by atoms with Crippen molar-refractivity contribution < 1.29 is 18.4 Å². The van der Waals surface area contributed by atoms with Gasteiger partial charge in [0.15, 0.2) is 0 Å². The molecule has 0 unspecified atom stereocenters. The molecule has 1 aliphatic rings. The van der Waals surface area contributed by atoms with E-state index in [0.29, 0.717) is 18.7 Å². The summed E-state index contributed by atoms with van der Waals surface area (Å²) in [5.41, 5.74) is 1.39. The van der Waals surface area contributed by atoms with Crippen molar-refractivity contribution in [2.45, 2.75) is 19.7 Å². The number of hydrogen-bond donors (Lipinski definition) is 1. The second-order valence-electron chi connectivity index (χ2n) is 7.74. The Balaban J connectivity index is 1.46. The molecule has 2 heterocycles. The van der Waals surface area contributed by atoms with Crippen molar-refractivity contribution in [1.82, 2.24) is 14.9 Å². The summed E-state index contributed by atoms with van der Waals surface area (Å²) in [4.78, 5) is 23.8. The van der Waals surface area contributed by atoms with Crippen molar-refractivity contribution in [2.24, 2.45) is 0 Å². The van der Waals surface area contributed by atoms with Crippen LogP contribution in [0.3, 0.4) is 0 Å². The van der Waals surface area contributed by atoms with E-state index in [1.807, 2.05) is 23.1 Å². The first-order chi connectivity index (χ1) is 16.5. The molecule has 0 amide bonds. The Morgan fingerprint density at radius 3 is 2.44 bits per heavy atom. The molecule has 0 saturated carbocycles. The molecule has 3 aromatic rings. The van der Waals surface area contributed by atoms with Crippen LogP contribution in [0.15, 0.2) is 60.9 Å². The van der Waals surface area contributed by atoms with Gasteiger partial charge < -0.3 is 15.0 Å². The van der Waals surface area contributed by atoms with E-state index in [1.165, 1.54) is 18.0 Å². The fraction of sp³-hybridized carbons (Fsp3) is 0.304. The number of hydrogen-bond acceptors (Lipinski definition) is 8. The number of nitro groups is 1. The lowest BCUT2D eigenvalue weighted by molar-refractivity contribution is -0.383. The number of anilines is 2. The fourth-order valence-electron chi connectivity index (χ4n) is 3.90. The Bertz CT molecular complexity index is 1110. The number of para-hydroxylation sites is 1. The maximum Gasteiger partial charge on any atom is 0.387 e. The van der Waals surface area contributed by atoms with Gasteiger partial charge in [0.2, 0.25) is 11.6 Å². The highest BCUT2D eigenvalue weighted by Crippen LogP contribution is 2.33. The largest absolute Gasteiger partial charge is 0.434 e. The molecule has 0 spiro atoms. The predicted molar refractivity (Wildman–Crippen MR) is 123 cm³/mol. The van der Waals surface area contributed by atoms with E-state index >= 15 is 0 Å². The van der Waals surface area contributed by atoms with Gasteiger partial charge in [-0.2, -0.15) is 8.78 Å². The van der Waals surface area contributed by atoms with Crippen LogP contribution in [0.5, 0.6) is 5.75 Å². The number of alkyl halides is 2. The number of benzene rings is 2. The molecule has 1 fully saturated rings. The molecule has 4 rings (SSSR count). The molecule has 0 atom stereocenters. The number of piperazine rings is 1. The molecule has 178 valence electrons. The van der Waals surface area contributed by atoms with Crippen LogP contribution >= 0.6 is 0 Å². The van der Waals surface area contributed by atoms with Crippen molar-refractivity contribution in [3.05, 3.63) is 82.2 Å². The van der Waals surface area contributed by atoms with Crippen molar-refractivity contribution in [3.8, 4) is 5.75 Å². The number of nitrogens with zero attached hydrogens (tertiary/aromatic N) is 5. The average molecular weight is 470 g/mol. The molecular formula is C23H24F2N6O3. The van der Waals surface area contributed by atoms with Crippen LogP contribution in [-0.4, -0.2) is 52.6 Å². The molecular weight excluding hydrogens is 446 g/mol. The first-order valence-electron chi connectivity index (χ1n) is 10.8. The summed E-state index contributed by atoms with van der Waals surface area (Å²) in [7, 11) is 0. The smallest absolute Gasteiger partial charge is 0.387 e. The van der Waals surface area contributed by atoms with Gasteiger partial charge in [0, 0.05) is 44.8 Å². The zero-order chi connectivity index (χ0) is 23.9. The Kier molecular flexibility index (Phi) is 7.43. The maximum absolute atomic E-state index is 12.7. The van der Waals surface area contributed by atoms with Gasteiger partial charge in [0.05, 0.1) is 4.92 Å². The summed E-state index contributed by atoms with van der Waals surface area (Å²) in [5.74, 6) is 0.254. The van der Waals surface area contributed by atoms with Gasteiger partial charge in [0.25, 0.3) is 0 Å². The third-order valence-electron chi connectivity index (χ3n) is 5.54. The lowest BCUT2D eigenvalue weighted by Gasteiger charge is -2.35. The van der Waals surface area contributed by atoms with E-state index in [1.54, 1.807) is 18.2 Å². The molecule has 1 saturated heterocycles. The fourth-order valence-corrected chi connectivity index (χ4v) is 3.90. The molecule has 9 nitrogen and oxygen atoms in total. The quantitative estimate of drug-likeness (QED) is 0.371. The van der Waals surface area contributed by atoms with Gasteiger partial charge in [-0.1, -0.05) is 48.5 Å². The lowest BCUT2D eigenvalue weighted by Crippen LogP contribution is -2.46. The van der Waals surface area contributed by atoms with Gasteiger partial charge in [-0.05, 0) is 11.6 Å². The summed E-state index contributed by atoms with van der Waals surface area (Å²) in [6, 6.07) is 16.4. The topological polar surface area (TPSA) is 96.7 Å². The third kappa shape index (κ3) is 5.73. The van der Waals surface area contributed by atoms with Gasteiger partial charge in [-0.25, -0.2) is 9.97 Å². The molecule has 0 bridgehead atoms. The minimum absolute atomic E-state index is 0.00327. The maximum atomic E-state index is 12.7. The van der Waals surface area contributed by atoms with E-state index in [-0.39, 0.29) is 29.6 Å². The van der Waals surface area contributed by atoms with Crippen molar-refractivity contribution in [3.63, 3.8) is 0 Å². The Labute approximate surface area is 195 Å². The van der Waals surface area contributed by atoms with Crippen LogP contribution in [0.25, 0.3) is 0 Å². The molecule has 0 aliphatic carbocycles. The Hall–Kier alpha value is -3.86. The predicted octanol–water partition coefficient (Wildman–Crippen LogP) is 3.92. The second kappa shape index (κ2) is 10.8. The van der Waals surface area contributed by atoms with Crippen LogP contribution in [0, 0.1) is 10.1 Å². The van der Waals surface area contributed by atoms with Crippen LogP contribution in [0.4, 0.5) is 26.1 Å². The number of ether oxygens (including phenoxy) is 1. The summed E-state index contributed by atoms with van der Waals surface area (Å²) < 4.78 is 29.9. The monoisotopic (exact) mass is 470 g/mol. The third-order valence-corrected chi connectivity index (χ3v) is 5.54. The first kappa shape index (κ1) is 23.3. The molecule has 0 radical (unpaired) electrons. The van der Waals surface area contributed by atoms with Crippen LogP contribution in [0.1, 0.15) is 11.1 Å². The highest BCUT2D eigenvalue weighted by molar-refractivity contribution is 5.70. The average Bonchev–Trinajstić information content (AvgIpc) is 2.84. The van der Waals surface area contributed by atoms with Crippen LogP contribution in [-0.2, 0) is 13.1 Å². The van der Waals surface area contributed by atoms with E-state index in [2.05, 4.69) is 37.1 Å². The summed E-state index contributed by atoms with van der Waals surface area (Å²) in [6.45, 7) is 0.485. The highest BCUT2D eigenvalue weighted by atomic mass is 19.3. The molecule has 1 N–H and O–H groups in total. The van der Waals surface area contributed by atoms with E-state index in [9.17, 15) is 18.9 Å². The Morgan fingerprint density at radius 1 is 1.03 bits per heavy atom. The zero-order valence-corrected chi connectivity index (χ0v) is 18.3. The van der Waals surface area contributed by atoms with E-state index in [0.717, 1.165) is 19.6 Å². The molecule has 2 aromatic carbocycles. The van der Waals surface area contributed by atoms with Gasteiger partial charge in [-0.3, -0.25) is 15.0 Å². The summed E-state index contributed by atoms with van der Waals surface area (Å²) in [6.07, 6.45) is 1.27. The molecule has 34 heavy (non-hydrogen) atoms. The van der Waals surface area contributed by atoms with Crippen molar-refractivity contribution >= 4 is 17.3 Å². The minimum atomic E-state index is -2.97.